The van der Waals surface area contributed by atoms with Crippen LogP contribution in [0.3, 0.4) is 0 Å². The number of aryl methyl sites for hydroxylation is 2. The lowest BCUT2D eigenvalue weighted by atomic mass is 9.44. The van der Waals surface area contributed by atoms with Gasteiger partial charge in [-0.05, 0) is 81.5 Å². The van der Waals surface area contributed by atoms with E-state index < -0.39 is 16.2 Å². The normalized spacial score (nSPS) is 29.6. The van der Waals surface area contributed by atoms with Crippen LogP contribution in [0.5, 0.6) is 0 Å². The van der Waals surface area contributed by atoms with Gasteiger partial charge < -0.3 is 5.11 Å². The van der Waals surface area contributed by atoms with Crippen LogP contribution in [-0.2, 0) is 16.0 Å². The molecule has 0 unspecified atom stereocenters. The van der Waals surface area contributed by atoms with Crippen molar-refractivity contribution in [2.75, 3.05) is 0 Å². The van der Waals surface area contributed by atoms with Crippen LogP contribution in [-0.4, -0.2) is 22.5 Å². The summed E-state index contributed by atoms with van der Waals surface area (Å²) in [5.41, 5.74) is 4.48. The fourth-order valence-electron chi connectivity index (χ4n) is 7.46. The summed E-state index contributed by atoms with van der Waals surface area (Å²) >= 11 is 0. The third-order valence-corrected chi connectivity index (χ3v) is 9.32. The number of ketones is 3. The molecule has 2 aromatic carbocycles. The summed E-state index contributed by atoms with van der Waals surface area (Å²) < 4.78 is 0. The standard InChI is InChI=1S/C32H34O4/c1-17-8-11-21(12-9-17)22-13-10-18(2)25-23(22)15-30(5)16-31(6)14-19(3)24(20(4)33)28(35)32(31,7)29(36)26(30)27(25)34/h8-13,36H,14-16H2,1-7H3/t30-,31+,32-/m1/s1. The van der Waals surface area contributed by atoms with E-state index in [-0.39, 0.29) is 28.7 Å². The van der Waals surface area contributed by atoms with Crippen LogP contribution < -0.4 is 0 Å². The van der Waals surface area contributed by atoms with Gasteiger partial charge in [0, 0.05) is 16.6 Å². The number of aliphatic hydroxyl groups excluding tert-OH is 1. The Hall–Kier alpha value is -3.27. The summed E-state index contributed by atoms with van der Waals surface area (Å²) in [6, 6.07) is 12.4. The van der Waals surface area contributed by atoms with Crippen molar-refractivity contribution in [3.05, 3.63) is 81.1 Å². The predicted octanol–water partition coefficient (Wildman–Crippen LogP) is 6.82. The molecule has 0 aromatic heterocycles. The van der Waals surface area contributed by atoms with Gasteiger partial charge in [-0.15, -0.1) is 0 Å². The van der Waals surface area contributed by atoms with Crippen LogP contribution in [0.15, 0.2) is 58.9 Å². The largest absolute Gasteiger partial charge is 0.511 e. The van der Waals surface area contributed by atoms with E-state index in [1.165, 1.54) is 12.5 Å². The van der Waals surface area contributed by atoms with Gasteiger partial charge in [0.2, 0.25) is 0 Å². The number of rotatable bonds is 2. The molecule has 3 aliphatic carbocycles. The molecule has 186 valence electrons. The number of fused-ring (bicyclic) bond motifs is 3. The number of benzene rings is 2. The highest BCUT2D eigenvalue weighted by Crippen LogP contribution is 2.66. The number of Topliss-reactive ketones (excluding diaryl/α,β-unsaturated/α-hetero) is 3. The maximum Gasteiger partial charge on any atom is 0.193 e. The number of carbonyl (C=O) groups excluding carboxylic acids is 3. The lowest BCUT2D eigenvalue weighted by Crippen LogP contribution is -2.57. The van der Waals surface area contributed by atoms with Crippen molar-refractivity contribution in [3.8, 4) is 11.1 Å². The molecule has 0 heterocycles. The Morgan fingerprint density at radius 3 is 2.17 bits per heavy atom. The molecule has 0 bridgehead atoms. The second-order valence-corrected chi connectivity index (χ2v) is 12.0. The predicted molar refractivity (Wildman–Crippen MR) is 141 cm³/mol. The van der Waals surface area contributed by atoms with E-state index in [4.69, 9.17) is 0 Å². The van der Waals surface area contributed by atoms with Gasteiger partial charge in [0.15, 0.2) is 17.3 Å². The second kappa shape index (κ2) is 7.61. The first kappa shape index (κ1) is 24.4. The molecule has 1 N–H and O–H groups in total. The van der Waals surface area contributed by atoms with E-state index >= 15 is 0 Å². The Kier molecular flexibility index (Phi) is 5.17. The molecular formula is C32H34O4. The SMILES string of the molecule is CC(=O)C1=C(C)C[C@@]2(C)C[C@@]3(C)Cc4c(-c5ccc(C)cc5)ccc(C)c4C(=O)C3=C(O)[C@@]2(C)C1=O. The Morgan fingerprint density at radius 1 is 0.917 bits per heavy atom. The van der Waals surface area contributed by atoms with Crippen LogP contribution in [0.4, 0.5) is 0 Å². The molecule has 4 nitrogen and oxygen atoms in total. The van der Waals surface area contributed by atoms with Crippen molar-refractivity contribution in [1.82, 2.24) is 0 Å². The van der Waals surface area contributed by atoms with E-state index in [0.717, 1.165) is 27.8 Å². The van der Waals surface area contributed by atoms with Crippen LogP contribution >= 0.6 is 0 Å². The van der Waals surface area contributed by atoms with E-state index in [1.807, 2.05) is 26.8 Å². The Morgan fingerprint density at radius 2 is 1.56 bits per heavy atom. The quantitative estimate of drug-likeness (QED) is 0.477. The lowest BCUT2D eigenvalue weighted by Gasteiger charge is -2.57. The van der Waals surface area contributed by atoms with Crippen molar-refractivity contribution < 1.29 is 19.5 Å². The Labute approximate surface area is 213 Å². The molecule has 36 heavy (non-hydrogen) atoms. The molecule has 4 heteroatoms. The van der Waals surface area contributed by atoms with Crippen molar-refractivity contribution >= 4 is 17.3 Å². The maximum atomic E-state index is 14.2. The van der Waals surface area contributed by atoms with Gasteiger partial charge in [-0.1, -0.05) is 61.4 Å². The summed E-state index contributed by atoms with van der Waals surface area (Å²) in [7, 11) is 0. The summed E-state index contributed by atoms with van der Waals surface area (Å²) in [6.45, 7) is 13.0. The molecular weight excluding hydrogens is 448 g/mol. The minimum absolute atomic E-state index is 0.147. The van der Waals surface area contributed by atoms with Gasteiger partial charge in [0.25, 0.3) is 0 Å². The van der Waals surface area contributed by atoms with Gasteiger partial charge in [-0.25, -0.2) is 0 Å². The molecule has 3 aliphatic rings. The minimum atomic E-state index is -1.32. The van der Waals surface area contributed by atoms with Gasteiger partial charge in [-0.2, -0.15) is 0 Å². The fraction of sp³-hybridized carbons (Fsp3) is 0.406. The first-order chi connectivity index (χ1) is 16.7. The van der Waals surface area contributed by atoms with Crippen LogP contribution in [0.1, 0.15) is 74.5 Å². The van der Waals surface area contributed by atoms with Crippen molar-refractivity contribution in [2.45, 2.75) is 67.7 Å². The Balaban J connectivity index is 1.76. The zero-order valence-corrected chi connectivity index (χ0v) is 22.3. The molecule has 5 rings (SSSR count). The molecule has 0 fully saturated rings. The molecule has 0 saturated heterocycles. The number of aliphatic hydroxyl groups is 1. The van der Waals surface area contributed by atoms with E-state index in [2.05, 4.69) is 44.2 Å². The zero-order chi connectivity index (χ0) is 26.4. The number of hydrogen-bond acceptors (Lipinski definition) is 4. The lowest BCUT2D eigenvalue weighted by molar-refractivity contribution is -0.137. The summed E-state index contributed by atoms with van der Waals surface area (Å²) in [5.74, 6) is -0.997. The maximum absolute atomic E-state index is 14.2. The highest BCUT2D eigenvalue weighted by Gasteiger charge is 2.65. The number of carbonyl (C=O) groups is 3. The monoisotopic (exact) mass is 482 g/mol. The van der Waals surface area contributed by atoms with Crippen LogP contribution in [0, 0.1) is 30.1 Å². The van der Waals surface area contributed by atoms with E-state index in [0.29, 0.717) is 30.4 Å². The van der Waals surface area contributed by atoms with Crippen LogP contribution in [0.2, 0.25) is 0 Å². The number of hydrogen-bond donors (Lipinski definition) is 1. The third-order valence-electron chi connectivity index (χ3n) is 9.32. The number of allylic oxidation sites excluding steroid dienone is 4. The Bertz CT molecular complexity index is 1440. The average molecular weight is 483 g/mol. The fourth-order valence-corrected chi connectivity index (χ4v) is 7.46. The molecule has 2 aromatic rings. The first-order valence-electron chi connectivity index (χ1n) is 12.7. The molecule has 0 aliphatic heterocycles. The summed E-state index contributed by atoms with van der Waals surface area (Å²) in [6.07, 6.45) is 1.69. The smallest absolute Gasteiger partial charge is 0.193 e. The highest BCUT2D eigenvalue weighted by molar-refractivity contribution is 6.24. The van der Waals surface area contributed by atoms with Gasteiger partial charge >= 0.3 is 0 Å². The average Bonchev–Trinajstić information content (AvgIpc) is 2.76. The molecule has 0 radical (unpaired) electrons. The zero-order valence-electron chi connectivity index (χ0n) is 22.3. The molecule has 0 amide bonds. The summed E-state index contributed by atoms with van der Waals surface area (Å²) in [5, 5.41) is 11.9. The third kappa shape index (κ3) is 3.03. The van der Waals surface area contributed by atoms with E-state index in [9.17, 15) is 19.5 Å². The van der Waals surface area contributed by atoms with Gasteiger partial charge in [-0.3, -0.25) is 14.4 Å². The van der Waals surface area contributed by atoms with Crippen LogP contribution in [0.25, 0.3) is 11.1 Å². The topological polar surface area (TPSA) is 71.4 Å². The van der Waals surface area contributed by atoms with E-state index in [1.54, 1.807) is 6.92 Å². The first-order valence-corrected chi connectivity index (χ1v) is 12.7. The summed E-state index contributed by atoms with van der Waals surface area (Å²) in [4.78, 5) is 40.5. The van der Waals surface area contributed by atoms with Crippen molar-refractivity contribution in [3.63, 3.8) is 0 Å². The van der Waals surface area contributed by atoms with Crippen molar-refractivity contribution in [1.29, 1.82) is 0 Å². The van der Waals surface area contributed by atoms with Gasteiger partial charge in [0.05, 0.1) is 11.0 Å². The molecule has 0 spiro atoms. The van der Waals surface area contributed by atoms with Crippen molar-refractivity contribution in [2.24, 2.45) is 16.2 Å². The minimum Gasteiger partial charge on any atom is -0.511 e. The molecule has 0 saturated carbocycles. The highest BCUT2D eigenvalue weighted by atomic mass is 16.3. The second-order valence-electron chi connectivity index (χ2n) is 12.0. The van der Waals surface area contributed by atoms with Gasteiger partial charge in [0.1, 0.15) is 5.76 Å². The molecule has 3 atom stereocenters.